The van der Waals surface area contributed by atoms with Crippen molar-refractivity contribution in [1.82, 2.24) is 0 Å². The maximum atomic E-state index is 11.9. The van der Waals surface area contributed by atoms with Crippen molar-refractivity contribution >= 4 is 23.9 Å². The van der Waals surface area contributed by atoms with Crippen molar-refractivity contribution in [3.8, 4) is 0 Å². The van der Waals surface area contributed by atoms with E-state index in [0.717, 1.165) is 0 Å². The van der Waals surface area contributed by atoms with Crippen molar-refractivity contribution in [1.29, 1.82) is 0 Å². The predicted octanol–water partition coefficient (Wildman–Crippen LogP) is -0.320. The highest BCUT2D eigenvalue weighted by atomic mass is 16.6. The smallest absolute Gasteiger partial charge is 0.318 e. The summed E-state index contributed by atoms with van der Waals surface area (Å²) < 4.78 is 9.50. The Labute approximate surface area is 113 Å². The summed E-state index contributed by atoms with van der Waals surface area (Å²) in [5.41, 5.74) is 0. The van der Waals surface area contributed by atoms with Crippen molar-refractivity contribution in [2.45, 2.75) is 0 Å². The van der Waals surface area contributed by atoms with Gasteiger partial charge >= 0.3 is 23.9 Å². The average Bonchev–Trinajstić information content (AvgIpc) is 2.78. The molecule has 8 atom stereocenters. The van der Waals surface area contributed by atoms with Crippen LogP contribution in [0.25, 0.3) is 0 Å². The molecular formula is C14H10O6. The minimum Gasteiger partial charge on any atom is -0.393 e. The predicted molar refractivity (Wildman–Crippen MR) is 59.3 cm³/mol. The first-order valence-corrected chi connectivity index (χ1v) is 6.79. The molecule has 6 heteroatoms. The maximum absolute atomic E-state index is 11.9. The molecule has 0 N–H and O–H groups in total. The molecule has 0 aromatic rings. The third-order valence-electron chi connectivity index (χ3n) is 5.81. The van der Waals surface area contributed by atoms with E-state index in [0.29, 0.717) is 0 Å². The van der Waals surface area contributed by atoms with Gasteiger partial charge in [-0.1, -0.05) is 12.2 Å². The first-order chi connectivity index (χ1) is 9.59. The first-order valence-electron chi connectivity index (χ1n) is 6.79. The highest BCUT2D eigenvalue weighted by molar-refractivity contribution is 6.01. The molecule has 0 aromatic carbocycles. The van der Waals surface area contributed by atoms with Crippen molar-refractivity contribution in [3.05, 3.63) is 12.2 Å². The lowest BCUT2D eigenvalue weighted by atomic mass is 9.40. The molecule has 2 aliphatic heterocycles. The van der Waals surface area contributed by atoms with E-state index in [1.807, 2.05) is 12.2 Å². The molecule has 0 amide bonds. The second kappa shape index (κ2) is 3.02. The van der Waals surface area contributed by atoms with Gasteiger partial charge in [-0.05, 0) is 23.7 Å². The van der Waals surface area contributed by atoms with Gasteiger partial charge in [-0.25, -0.2) is 0 Å². The number of cyclic esters (lactones) is 4. The zero-order valence-corrected chi connectivity index (χ0v) is 10.2. The summed E-state index contributed by atoms with van der Waals surface area (Å²) >= 11 is 0. The number of rotatable bonds is 0. The van der Waals surface area contributed by atoms with Gasteiger partial charge in [0.1, 0.15) is 0 Å². The van der Waals surface area contributed by atoms with Gasteiger partial charge in [0.25, 0.3) is 0 Å². The Hall–Kier alpha value is -1.98. The van der Waals surface area contributed by atoms with Crippen LogP contribution < -0.4 is 0 Å². The summed E-state index contributed by atoms with van der Waals surface area (Å²) in [6.45, 7) is 0. The van der Waals surface area contributed by atoms with Crippen LogP contribution in [0, 0.1) is 47.3 Å². The molecule has 0 spiro atoms. The molecule has 102 valence electrons. The molecular weight excluding hydrogens is 264 g/mol. The van der Waals surface area contributed by atoms with Gasteiger partial charge in [0.05, 0.1) is 23.7 Å². The summed E-state index contributed by atoms with van der Waals surface area (Å²) in [6, 6.07) is 0. The Morgan fingerprint density at radius 2 is 0.950 bits per heavy atom. The SMILES string of the molecule is O=C1OC(=O)[C@@H]2[C@@H]3C=C[C@H]([C@@H]12)[C@H]1[C@H]2C(=O)OC(=O)[C@@H]2[C@H]31. The van der Waals surface area contributed by atoms with Crippen molar-refractivity contribution < 1.29 is 28.7 Å². The molecule has 20 heavy (non-hydrogen) atoms. The summed E-state index contributed by atoms with van der Waals surface area (Å²) in [4.78, 5) is 47.3. The summed E-state index contributed by atoms with van der Waals surface area (Å²) in [7, 11) is 0. The van der Waals surface area contributed by atoms with Gasteiger partial charge in [-0.15, -0.1) is 0 Å². The van der Waals surface area contributed by atoms with Gasteiger partial charge in [0.2, 0.25) is 0 Å². The van der Waals surface area contributed by atoms with Crippen LogP contribution in [0.3, 0.4) is 0 Å². The Bertz CT molecular complexity index is 582. The van der Waals surface area contributed by atoms with E-state index in [4.69, 9.17) is 9.47 Å². The number of ether oxygens (including phenoxy) is 2. The molecule has 2 saturated heterocycles. The quantitative estimate of drug-likeness (QED) is 0.342. The number of hydrogen-bond donors (Lipinski definition) is 0. The lowest BCUT2D eigenvalue weighted by Gasteiger charge is -2.59. The molecule has 4 aliphatic carbocycles. The minimum atomic E-state index is -0.487. The van der Waals surface area contributed by atoms with Crippen LogP contribution in [0.4, 0.5) is 0 Å². The summed E-state index contributed by atoms with van der Waals surface area (Å²) in [5, 5.41) is 0. The molecule has 4 fully saturated rings. The van der Waals surface area contributed by atoms with Crippen LogP contribution in [-0.2, 0) is 28.7 Å². The molecule has 0 unspecified atom stereocenters. The molecule has 0 aromatic heterocycles. The lowest BCUT2D eigenvalue weighted by Crippen LogP contribution is -2.63. The van der Waals surface area contributed by atoms with Crippen molar-refractivity contribution in [3.63, 3.8) is 0 Å². The number of esters is 4. The molecule has 2 saturated carbocycles. The van der Waals surface area contributed by atoms with Gasteiger partial charge in [-0.2, -0.15) is 0 Å². The Balaban J connectivity index is 1.63. The highest BCUT2D eigenvalue weighted by Crippen LogP contribution is 2.67. The van der Waals surface area contributed by atoms with Crippen molar-refractivity contribution in [2.24, 2.45) is 47.3 Å². The van der Waals surface area contributed by atoms with E-state index in [2.05, 4.69) is 0 Å². The minimum absolute atomic E-state index is 0.0614. The monoisotopic (exact) mass is 274 g/mol. The summed E-state index contributed by atoms with van der Waals surface area (Å²) in [5.74, 6) is -4.26. The van der Waals surface area contributed by atoms with E-state index in [1.165, 1.54) is 0 Å². The normalized spacial score (nSPS) is 54.0. The second-order valence-electron chi connectivity index (χ2n) is 6.28. The van der Waals surface area contributed by atoms with Crippen LogP contribution in [0.2, 0.25) is 0 Å². The standard InChI is InChI=1S/C14H10O6/c15-11-7-3-1-2-4(8(7)12(16)19-11)6-5(3)9-10(6)14(18)20-13(9)17/h1-10H/t3-,4+,5-,6-,7-,8-,9-,10-/m1/s1. The van der Waals surface area contributed by atoms with E-state index in [-0.39, 0.29) is 23.7 Å². The lowest BCUT2D eigenvalue weighted by molar-refractivity contribution is -0.166. The fraction of sp³-hybridized carbons (Fsp3) is 0.571. The van der Waals surface area contributed by atoms with E-state index < -0.39 is 47.5 Å². The topological polar surface area (TPSA) is 86.7 Å². The van der Waals surface area contributed by atoms with E-state index in [9.17, 15) is 19.2 Å². The first kappa shape index (κ1) is 10.8. The fourth-order valence-corrected chi connectivity index (χ4v) is 5.20. The third kappa shape index (κ3) is 0.910. The zero-order valence-electron chi connectivity index (χ0n) is 10.2. The van der Waals surface area contributed by atoms with Gasteiger partial charge in [-0.3, -0.25) is 19.2 Å². The number of fused-ring (bicyclic) bond motifs is 1. The molecule has 6 aliphatic rings. The molecule has 0 radical (unpaired) electrons. The Morgan fingerprint density at radius 1 is 0.600 bits per heavy atom. The van der Waals surface area contributed by atoms with Gasteiger partial charge in [0.15, 0.2) is 0 Å². The largest absolute Gasteiger partial charge is 0.393 e. The molecule has 2 heterocycles. The van der Waals surface area contributed by atoms with Gasteiger partial charge in [0, 0.05) is 0 Å². The summed E-state index contributed by atoms with van der Waals surface area (Å²) in [6.07, 6.45) is 3.83. The van der Waals surface area contributed by atoms with Crippen molar-refractivity contribution in [2.75, 3.05) is 0 Å². The Morgan fingerprint density at radius 3 is 1.35 bits per heavy atom. The fourth-order valence-electron chi connectivity index (χ4n) is 5.20. The van der Waals surface area contributed by atoms with Gasteiger partial charge < -0.3 is 9.47 Å². The molecule has 6 nitrogen and oxygen atoms in total. The number of carbonyl (C=O) groups excluding carboxylic acids is 4. The maximum Gasteiger partial charge on any atom is 0.318 e. The number of carbonyl (C=O) groups is 4. The molecule has 2 bridgehead atoms. The van der Waals surface area contributed by atoms with Crippen LogP contribution >= 0.6 is 0 Å². The number of hydrogen-bond acceptors (Lipinski definition) is 6. The van der Waals surface area contributed by atoms with Crippen LogP contribution in [-0.4, -0.2) is 23.9 Å². The second-order valence-corrected chi connectivity index (χ2v) is 6.28. The number of allylic oxidation sites excluding steroid dienone is 2. The highest BCUT2D eigenvalue weighted by Gasteiger charge is 2.74. The van der Waals surface area contributed by atoms with Crippen LogP contribution in [0.15, 0.2) is 12.2 Å². The van der Waals surface area contributed by atoms with E-state index >= 15 is 0 Å². The van der Waals surface area contributed by atoms with Crippen LogP contribution in [0.1, 0.15) is 0 Å². The van der Waals surface area contributed by atoms with Crippen LogP contribution in [0.5, 0.6) is 0 Å². The van der Waals surface area contributed by atoms with E-state index in [1.54, 1.807) is 0 Å². The Kier molecular flexibility index (Phi) is 1.63. The average molecular weight is 274 g/mol. The third-order valence-corrected chi connectivity index (χ3v) is 5.81. The molecule has 6 rings (SSSR count). The zero-order chi connectivity index (χ0) is 13.8.